The third-order valence-corrected chi connectivity index (χ3v) is 12.1. The molecule has 5 rings (SSSR count). The van der Waals surface area contributed by atoms with Crippen LogP contribution in [-0.4, -0.2) is 44.5 Å². The molecular weight excluding hydrogens is 719 g/mol. The van der Waals surface area contributed by atoms with E-state index in [1.54, 1.807) is 50.2 Å². The maximum Gasteiger partial charge on any atom is 0.534 e. The van der Waals surface area contributed by atoms with Gasteiger partial charge in [-0.15, -0.1) is 0 Å². The quantitative estimate of drug-likeness (QED) is 0.138. The molecule has 1 saturated carbocycles. The largest absolute Gasteiger partial charge is 0.534 e. The summed E-state index contributed by atoms with van der Waals surface area (Å²) in [5.41, 5.74) is -11.9. The minimum absolute atomic E-state index is 0.111. The number of ether oxygens (including phenoxy) is 3. The number of rotatable bonds is 10. The highest BCUT2D eigenvalue weighted by atomic mass is 35.5. The third-order valence-electron chi connectivity index (χ3n) is 9.74. The Morgan fingerprint density at radius 1 is 0.848 bits per heavy atom. The highest BCUT2D eigenvalue weighted by Gasteiger charge is 2.87. The number of halogens is 7. The fraction of sp³-hybridized carbons (Fsp3) is 0.467. The Morgan fingerprint density at radius 3 is 1.80 bits per heavy atom. The number of Topliss-reactive ketones (excluding diaryl/α,β-unsaturated/α-hetero) is 1. The van der Waals surface area contributed by atoms with Gasteiger partial charge in [-0.3, -0.25) is 9.59 Å². The van der Waals surface area contributed by atoms with E-state index < -0.39 is 67.8 Å². The molecule has 2 aliphatic carbocycles. The van der Waals surface area contributed by atoms with Crippen molar-refractivity contribution in [3.8, 4) is 0 Å². The maximum absolute atomic E-state index is 14.8. The lowest BCUT2D eigenvalue weighted by atomic mass is 9.61. The Kier molecular flexibility index (Phi) is 9.06. The van der Waals surface area contributed by atoms with Crippen molar-refractivity contribution in [2.75, 3.05) is 13.2 Å². The highest BCUT2D eigenvalue weighted by Crippen LogP contribution is 2.76. The fourth-order valence-electron chi connectivity index (χ4n) is 7.10. The van der Waals surface area contributed by atoms with Gasteiger partial charge in [-0.25, -0.2) is 0 Å². The second kappa shape index (κ2) is 11.8. The average molecular weight is 746 g/mol. The minimum Gasteiger partial charge on any atom is -0.456 e. The Labute approximate surface area is 283 Å². The summed E-state index contributed by atoms with van der Waals surface area (Å²) in [5, 5.41) is 1.25. The van der Waals surface area contributed by atoms with Crippen molar-refractivity contribution in [2.24, 2.45) is 16.2 Å². The number of carbonyl (C=O) groups excluding carboxylic acids is 2. The van der Waals surface area contributed by atoms with Crippen LogP contribution in [0.1, 0.15) is 44.7 Å². The second-order valence-corrected chi connectivity index (χ2v) is 15.1. The van der Waals surface area contributed by atoms with Crippen molar-refractivity contribution in [3.05, 3.63) is 78.9 Å². The molecule has 46 heavy (non-hydrogen) atoms. The SMILES string of the molecule is CC1=C(OS(=O)(=O)C(F)(F)F)C[C@]23OC(=O)C[C@]12C(=O)[C@](C)(COCc1c(Cl)cccc1Cl)[C@]3(C)COCc1c(Cl)cccc1Cl. The monoisotopic (exact) mass is 744 g/mol. The van der Waals surface area contributed by atoms with Crippen LogP contribution in [0.15, 0.2) is 47.7 Å². The van der Waals surface area contributed by atoms with Crippen molar-refractivity contribution in [3.63, 3.8) is 0 Å². The number of alkyl halides is 3. The van der Waals surface area contributed by atoms with Gasteiger partial charge in [0.2, 0.25) is 0 Å². The number of hydrogen-bond donors (Lipinski definition) is 0. The van der Waals surface area contributed by atoms with Crippen molar-refractivity contribution >= 4 is 68.3 Å². The topological polar surface area (TPSA) is 105 Å². The number of hydrogen-bond acceptors (Lipinski definition) is 8. The van der Waals surface area contributed by atoms with E-state index in [2.05, 4.69) is 4.18 Å². The molecule has 1 saturated heterocycles. The molecular formula is C30H27Cl4F3O8S. The number of benzene rings is 2. The van der Waals surface area contributed by atoms with E-state index in [0.717, 1.165) is 0 Å². The molecule has 0 bridgehead atoms. The summed E-state index contributed by atoms with van der Waals surface area (Å²) in [6, 6.07) is 9.72. The number of ketones is 1. The summed E-state index contributed by atoms with van der Waals surface area (Å²) >= 11 is 25.3. The molecule has 1 aliphatic heterocycles. The predicted molar refractivity (Wildman–Crippen MR) is 163 cm³/mol. The third kappa shape index (κ3) is 5.05. The first-order valence-corrected chi connectivity index (χ1v) is 16.7. The van der Waals surface area contributed by atoms with Gasteiger partial charge in [-0.1, -0.05) is 65.5 Å². The number of esters is 1. The van der Waals surface area contributed by atoms with Gasteiger partial charge in [0.05, 0.1) is 38.3 Å². The molecule has 4 atom stereocenters. The van der Waals surface area contributed by atoms with Gasteiger partial charge < -0.3 is 18.4 Å². The Balaban J connectivity index is 1.58. The molecule has 2 aromatic rings. The molecule has 250 valence electrons. The van der Waals surface area contributed by atoms with Gasteiger partial charge in [0.1, 0.15) is 16.8 Å². The molecule has 0 spiro atoms. The van der Waals surface area contributed by atoms with Crippen LogP contribution in [0.3, 0.4) is 0 Å². The van der Waals surface area contributed by atoms with E-state index in [9.17, 15) is 31.2 Å². The van der Waals surface area contributed by atoms with E-state index in [-0.39, 0.29) is 32.0 Å². The predicted octanol–water partition coefficient (Wildman–Crippen LogP) is 7.84. The average Bonchev–Trinajstić information content (AvgIpc) is 3.41. The van der Waals surface area contributed by atoms with Gasteiger partial charge in [-0.2, -0.15) is 21.6 Å². The van der Waals surface area contributed by atoms with Crippen molar-refractivity contribution in [2.45, 2.75) is 57.9 Å². The highest BCUT2D eigenvalue weighted by molar-refractivity contribution is 7.87. The van der Waals surface area contributed by atoms with E-state index in [4.69, 9.17) is 60.6 Å². The summed E-state index contributed by atoms with van der Waals surface area (Å²) in [4.78, 5) is 27.8. The van der Waals surface area contributed by atoms with Crippen LogP contribution in [0.25, 0.3) is 0 Å². The van der Waals surface area contributed by atoms with E-state index in [1.165, 1.54) is 6.92 Å². The summed E-state index contributed by atoms with van der Waals surface area (Å²) in [6.07, 6.45) is -1.21. The van der Waals surface area contributed by atoms with Gasteiger partial charge in [0, 0.05) is 43.1 Å². The molecule has 0 amide bonds. The van der Waals surface area contributed by atoms with E-state index in [0.29, 0.717) is 31.2 Å². The smallest absolute Gasteiger partial charge is 0.456 e. The van der Waals surface area contributed by atoms with Crippen LogP contribution in [0.5, 0.6) is 0 Å². The molecule has 1 heterocycles. The van der Waals surface area contributed by atoms with Gasteiger partial charge in [0.25, 0.3) is 0 Å². The molecule has 0 N–H and O–H groups in total. The van der Waals surface area contributed by atoms with Crippen molar-refractivity contribution in [1.82, 2.24) is 0 Å². The summed E-state index contributed by atoms with van der Waals surface area (Å²) < 4.78 is 87.0. The van der Waals surface area contributed by atoms with Gasteiger partial charge in [0.15, 0.2) is 5.78 Å². The minimum atomic E-state index is -6.12. The zero-order valence-corrected chi connectivity index (χ0v) is 28.4. The summed E-state index contributed by atoms with van der Waals surface area (Å²) in [5.74, 6) is -2.04. The first-order chi connectivity index (χ1) is 21.3. The molecule has 8 nitrogen and oxygen atoms in total. The standard InChI is InChI=1S/C30H27Cl4F3O8S/c1-16-23(45-46(40,41)30(35,36)37)10-29-27(3,15-43-13-18-21(33)8-5-9-22(18)34)26(2,25(39)28(16,29)11-24(38)44-29)14-42-12-17-19(31)6-4-7-20(17)32/h4-9H,10-15H2,1-3H3/t26-,27-,28+,29+/m0/s1. The Hall–Kier alpha value is -2.06. The van der Waals surface area contributed by atoms with Crippen LogP contribution in [0, 0.1) is 16.2 Å². The lowest BCUT2D eigenvalue weighted by molar-refractivity contribution is -0.186. The van der Waals surface area contributed by atoms with E-state index in [1.807, 2.05) is 0 Å². The maximum atomic E-state index is 14.8. The summed E-state index contributed by atoms with van der Waals surface area (Å²) in [7, 11) is -6.12. The van der Waals surface area contributed by atoms with Crippen LogP contribution < -0.4 is 0 Å². The van der Waals surface area contributed by atoms with Crippen LogP contribution >= 0.6 is 46.4 Å². The Bertz CT molecular complexity index is 1730. The zero-order chi connectivity index (χ0) is 34.1. The van der Waals surface area contributed by atoms with Crippen LogP contribution in [0.4, 0.5) is 13.2 Å². The lowest BCUT2D eigenvalue weighted by Crippen LogP contribution is -2.56. The van der Waals surface area contributed by atoms with Crippen LogP contribution in [0.2, 0.25) is 20.1 Å². The molecule has 3 aliphatic rings. The number of carbonyl (C=O) groups is 2. The normalized spacial score (nSPS) is 29.3. The second-order valence-electron chi connectivity index (χ2n) is 12.0. The van der Waals surface area contributed by atoms with E-state index >= 15 is 0 Å². The molecule has 2 fully saturated rings. The molecule has 0 unspecified atom stereocenters. The van der Waals surface area contributed by atoms with Crippen molar-refractivity contribution in [1.29, 1.82) is 0 Å². The Morgan fingerprint density at radius 2 is 1.33 bits per heavy atom. The zero-order valence-electron chi connectivity index (χ0n) is 24.5. The summed E-state index contributed by atoms with van der Waals surface area (Å²) in [6.45, 7) is 3.56. The lowest BCUT2D eigenvalue weighted by Gasteiger charge is -2.48. The fourth-order valence-corrected chi connectivity index (χ4v) is 8.66. The van der Waals surface area contributed by atoms with Gasteiger partial charge in [-0.05, 0) is 43.7 Å². The molecule has 16 heteroatoms. The first-order valence-electron chi connectivity index (χ1n) is 13.8. The van der Waals surface area contributed by atoms with Crippen LogP contribution in [-0.2, 0) is 51.3 Å². The van der Waals surface area contributed by atoms with Gasteiger partial charge >= 0.3 is 21.6 Å². The van der Waals surface area contributed by atoms with Crippen molar-refractivity contribution < 1.29 is 49.6 Å². The molecule has 2 aromatic carbocycles. The molecule has 0 radical (unpaired) electrons. The molecule has 0 aromatic heterocycles. The first kappa shape index (κ1) is 35.3.